The second-order valence-corrected chi connectivity index (χ2v) is 3.42. The molecule has 0 aromatic heterocycles. The standard InChI is InChI=1S/C7H17NS/c1-4-7(2,3)5-8-6-9/h8-9H,4-6H2,1-3H3. The summed E-state index contributed by atoms with van der Waals surface area (Å²) in [5.74, 6) is 0.781. The maximum Gasteiger partial charge on any atom is 0.0387 e. The van der Waals surface area contributed by atoms with Crippen molar-refractivity contribution in [3.8, 4) is 0 Å². The molecule has 0 aliphatic carbocycles. The summed E-state index contributed by atoms with van der Waals surface area (Å²) >= 11 is 4.06. The molecule has 0 amide bonds. The fourth-order valence-corrected chi connectivity index (χ4v) is 0.631. The van der Waals surface area contributed by atoms with E-state index in [2.05, 4.69) is 38.7 Å². The van der Waals surface area contributed by atoms with Gasteiger partial charge in [0.25, 0.3) is 0 Å². The summed E-state index contributed by atoms with van der Waals surface area (Å²) in [5, 5.41) is 3.20. The van der Waals surface area contributed by atoms with Crippen molar-refractivity contribution in [3.63, 3.8) is 0 Å². The van der Waals surface area contributed by atoms with Crippen LogP contribution >= 0.6 is 12.6 Å². The molecule has 0 spiro atoms. The average molecular weight is 147 g/mol. The van der Waals surface area contributed by atoms with Crippen LogP contribution in [-0.2, 0) is 0 Å². The Hall–Kier alpha value is 0.310. The van der Waals surface area contributed by atoms with Gasteiger partial charge in [-0.3, -0.25) is 0 Å². The lowest BCUT2D eigenvalue weighted by Crippen LogP contribution is -2.27. The summed E-state index contributed by atoms with van der Waals surface area (Å²) in [6, 6.07) is 0. The molecule has 0 unspecified atom stereocenters. The Morgan fingerprint density at radius 2 is 2.00 bits per heavy atom. The first-order valence-corrected chi connectivity index (χ1v) is 4.07. The largest absolute Gasteiger partial charge is 0.308 e. The molecule has 1 nitrogen and oxygen atoms in total. The van der Waals surface area contributed by atoms with Gasteiger partial charge in [-0.05, 0) is 11.8 Å². The number of hydrogen-bond acceptors (Lipinski definition) is 2. The van der Waals surface area contributed by atoms with Gasteiger partial charge in [-0.1, -0.05) is 20.8 Å². The highest BCUT2D eigenvalue weighted by Gasteiger charge is 2.12. The molecule has 1 N–H and O–H groups in total. The molecule has 0 saturated heterocycles. The number of nitrogens with one attached hydrogen (secondary N) is 1. The first-order chi connectivity index (χ1) is 4.12. The van der Waals surface area contributed by atoms with Gasteiger partial charge in [0.1, 0.15) is 0 Å². The summed E-state index contributed by atoms with van der Waals surface area (Å²) < 4.78 is 0. The van der Waals surface area contributed by atoms with E-state index in [0.29, 0.717) is 5.41 Å². The van der Waals surface area contributed by atoms with Crippen molar-refractivity contribution in [1.82, 2.24) is 5.32 Å². The van der Waals surface area contributed by atoms with Crippen molar-refractivity contribution in [2.45, 2.75) is 27.2 Å². The molecule has 0 rings (SSSR count). The summed E-state index contributed by atoms with van der Waals surface area (Å²) in [6.07, 6.45) is 1.22. The van der Waals surface area contributed by atoms with E-state index < -0.39 is 0 Å². The van der Waals surface area contributed by atoms with Crippen LogP contribution in [0.5, 0.6) is 0 Å². The maximum atomic E-state index is 4.06. The van der Waals surface area contributed by atoms with Crippen LogP contribution in [-0.4, -0.2) is 12.4 Å². The maximum absolute atomic E-state index is 4.06. The minimum atomic E-state index is 0.433. The fraction of sp³-hybridized carbons (Fsp3) is 1.00. The van der Waals surface area contributed by atoms with E-state index in [-0.39, 0.29) is 0 Å². The monoisotopic (exact) mass is 147 g/mol. The highest BCUT2D eigenvalue weighted by molar-refractivity contribution is 7.80. The van der Waals surface area contributed by atoms with Gasteiger partial charge in [-0.2, -0.15) is 12.6 Å². The van der Waals surface area contributed by atoms with Gasteiger partial charge >= 0.3 is 0 Å². The quantitative estimate of drug-likeness (QED) is 0.457. The van der Waals surface area contributed by atoms with Crippen molar-refractivity contribution < 1.29 is 0 Å². The van der Waals surface area contributed by atoms with Crippen LogP contribution in [0.4, 0.5) is 0 Å². The summed E-state index contributed by atoms with van der Waals surface area (Å²) in [7, 11) is 0. The molecule has 0 saturated carbocycles. The normalized spacial score (nSPS) is 12.0. The zero-order valence-corrected chi connectivity index (χ0v) is 7.46. The predicted octanol–water partition coefficient (Wildman–Crippen LogP) is 1.90. The summed E-state index contributed by atoms with van der Waals surface area (Å²) in [4.78, 5) is 0. The Balaban J connectivity index is 3.33. The molecule has 0 aromatic rings. The van der Waals surface area contributed by atoms with Crippen LogP contribution < -0.4 is 5.32 Å². The highest BCUT2D eigenvalue weighted by atomic mass is 32.1. The molecular weight excluding hydrogens is 130 g/mol. The van der Waals surface area contributed by atoms with Crippen LogP contribution in [0.15, 0.2) is 0 Å². The van der Waals surface area contributed by atoms with E-state index in [1.54, 1.807) is 0 Å². The molecule has 0 bridgehead atoms. The number of rotatable bonds is 4. The summed E-state index contributed by atoms with van der Waals surface area (Å²) in [5.41, 5.74) is 0.433. The summed E-state index contributed by atoms with van der Waals surface area (Å²) in [6.45, 7) is 7.78. The van der Waals surface area contributed by atoms with Crippen LogP contribution in [0, 0.1) is 5.41 Å². The Labute approximate surface area is 63.6 Å². The molecule has 0 atom stereocenters. The average Bonchev–Trinajstić information content (AvgIpc) is 1.84. The van der Waals surface area contributed by atoms with Crippen molar-refractivity contribution in [1.29, 1.82) is 0 Å². The van der Waals surface area contributed by atoms with Gasteiger partial charge in [0.15, 0.2) is 0 Å². The van der Waals surface area contributed by atoms with Crippen LogP contribution in [0.2, 0.25) is 0 Å². The second kappa shape index (κ2) is 4.18. The van der Waals surface area contributed by atoms with Gasteiger partial charge in [-0.25, -0.2) is 0 Å². The lowest BCUT2D eigenvalue weighted by Gasteiger charge is -2.22. The highest BCUT2D eigenvalue weighted by Crippen LogP contribution is 2.17. The Kier molecular flexibility index (Phi) is 4.32. The van der Waals surface area contributed by atoms with E-state index in [0.717, 1.165) is 12.4 Å². The minimum absolute atomic E-state index is 0.433. The molecule has 9 heavy (non-hydrogen) atoms. The first kappa shape index (κ1) is 9.31. The van der Waals surface area contributed by atoms with Gasteiger partial charge in [-0.15, -0.1) is 0 Å². The molecule has 56 valence electrons. The van der Waals surface area contributed by atoms with E-state index in [1.807, 2.05) is 0 Å². The number of thiol groups is 1. The molecule has 0 aliphatic rings. The van der Waals surface area contributed by atoms with Crippen LogP contribution in [0.3, 0.4) is 0 Å². The van der Waals surface area contributed by atoms with Crippen molar-refractivity contribution in [3.05, 3.63) is 0 Å². The topological polar surface area (TPSA) is 12.0 Å². The molecule has 0 fully saturated rings. The fourth-order valence-electron chi connectivity index (χ4n) is 0.519. The van der Waals surface area contributed by atoms with Gasteiger partial charge < -0.3 is 5.32 Å². The Bertz CT molecular complexity index is 71.3. The third kappa shape index (κ3) is 4.79. The minimum Gasteiger partial charge on any atom is -0.308 e. The van der Waals surface area contributed by atoms with Crippen LogP contribution in [0.25, 0.3) is 0 Å². The van der Waals surface area contributed by atoms with E-state index >= 15 is 0 Å². The van der Waals surface area contributed by atoms with Crippen LogP contribution in [0.1, 0.15) is 27.2 Å². The lowest BCUT2D eigenvalue weighted by molar-refractivity contribution is 0.337. The van der Waals surface area contributed by atoms with E-state index in [9.17, 15) is 0 Å². The lowest BCUT2D eigenvalue weighted by atomic mass is 9.90. The molecule has 0 aliphatic heterocycles. The smallest absolute Gasteiger partial charge is 0.0387 e. The van der Waals surface area contributed by atoms with Gasteiger partial charge in [0.05, 0.1) is 0 Å². The van der Waals surface area contributed by atoms with Crippen molar-refractivity contribution in [2.24, 2.45) is 5.41 Å². The molecule has 2 heteroatoms. The van der Waals surface area contributed by atoms with Gasteiger partial charge in [0.2, 0.25) is 0 Å². The molecule has 0 radical (unpaired) electrons. The van der Waals surface area contributed by atoms with E-state index in [4.69, 9.17) is 0 Å². The molecular formula is C7H17NS. The Morgan fingerprint density at radius 3 is 2.33 bits per heavy atom. The van der Waals surface area contributed by atoms with Gasteiger partial charge in [0, 0.05) is 12.4 Å². The SMILES string of the molecule is CCC(C)(C)CNCS. The van der Waals surface area contributed by atoms with Crippen molar-refractivity contribution in [2.75, 3.05) is 12.4 Å². The first-order valence-electron chi connectivity index (χ1n) is 3.44. The zero-order valence-electron chi connectivity index (χ0n) is 6.57. The third-order valence-corrected chi connectivity index (χ3v) is 1.90. The zero-order chi connectivity index (χ0) is 7.33. The second-order valence-electron chi connectivity index (χ2n) is 3.10. The van der Waals surface area contributed by atoms with Crippen molar-refractivity contribution >= 4 is 12.6 Å². The molecule has 0 aromatic carbocycles. The third-order valence-electron chi connectivity index (χ3n) is 1.67. The molecule has 0 heterocycles. The Morgan fingerprint density at radius 1 is 1.44 bits per heavy atom. The van der Waals surface area contributed by atoms with E-state index in [1.165, 1.54) is 6.42 Å². The predicted molar refractivity (Wildman–Crippen MR) is 45.9 cm³/mol. The number of hydrogen-bond donors (Lipinski definition) is 2.